The van der Waals surface area contributed by atoms with E-state index in [0.717, 1.165) is 28.2 Å². The summed E-state index contributed by atoms with van der Waals surface area (Å²) in [7, 11) is -7.47. The zero-order valence-electron chi connectivity index (χ0n) is 21.7. The lowest BCUT2D eigenvalue weighted by Gasteiger charge is -2.10. The molecule has 0 bridgehead atoms. The van der Waals surface area contributed by atoms with E-state index in [0.29, 0.717) is 40.6 Å². The molecule has 3 rings (SSSR count). The maximum atomic E-state index is 13.2. The summed E-state index contributed by atoms with van der Waals surface area (Å²) in [6.45, 7) is 6.91. The molecule has 0 radical (unpaired) electrons. The summed E-state index contributed by atoms with van der Waals surface area (Å²) >= 11 is 2.35. The maximum absolute atomic E-state index is 13.2. The fourth-order valence-electron chi connectivity index (χ4n) is 3.65. The van der Waals surface area contributed by atoms with Gasteiger partial charge in [-0.2, -0.15) is 0 Å². The topological polar surface area (TPSA) is 119 Å². The first-order chi connectivity index (χ1) is 18.0. The van der Waals surface area contributed by atoms with Crippen LogP contribution in [0.15, 0.2) is 56.3 Å². The van der Waals surface area contributed by atoms with E-state index in [2.05, 4.69) is 19.2 Å². The van der Waals surface area contributed by atoms with E-state index in [9.17, 15) is 21.6 Å². The Labute approximate surface area is 233 Å². The number of unbranched alkanes of at least 4 members (excludes halogenated alkanes) is 1. The average molecular weight is 599 g/mol. The highest BCUT2D eigenvalue weighted by Gasteiger charge is 2.26. The summed E-state index contributed by atoms with van der Waals surface area (Å²) in [5, 5.41) is 4.90. The van der Waals surface area contributed by atoms with Crippen LogP contribution in [0, 0.1) is 5.92 Å². The molecule has 0 unspecified atom stereocenters. The monoisotopic (exact) mass is 598 g/mol. The van der Waals surface area contributed by atoms with Gasteiger partial charge in [-0.25, -0.2) is 26.4 Å². The number of hydrogen-bond donors (Lipinski definition) is 2. The van der Waals surface area contributed by atoms with Crippen LogP contribution in [0.4, 0.5) is 4.79 Å². The van der Waals surface area contributed by atoms with Crippen molar-refractivity contribution in [3.05, 3.63) is 58.3 Å². The standard InChI is InChI=1S/C26H34N2O6S4/c1-4-5-12-34-26(29)28-38(32,33)25-23(17-22(36-25)15-19(2)3)21-9-6-8-20(16-21)18-27-11-14-37(30,31)24-10-7-13-35-24/h6-10,13,16-17,19,27H,4-5,11-12,14-15,18H2,1-3H3,(H,28,29). The summed E-state index contributed by atoms with van der Waals surface area (Å²) in [6, 6.07) is 12.6. The number of carbonyl (C=O) groups excluding carboxylic acids is 1. The van der Waals surface area contributed by atoms with Crippen LogP contribution in [0.5, 0.6) is 0 Å². The summed E-state index contributed by atoms with van der Waals surface area (Å²) < 4.78 is 58.6. The van der Waals surface area contributed by atoms with Crippen LogP contribution in [0.1, 0.15) is 44.1 Å². The lowest BCUT2D eigenvalue weighted by Crippen LogP contribution is -2.31. The summed E-state index contributed by atoms with van der Waals surface area (Å²) in [5.74, 6) is 0.309. The molecular formula is C26H34N2O6S4. The number of sulfonamides is 1. The highest BCUT2D eigenvalue weighted by Crippen LogP contribution is 2.36. The van der Waals surface area contributed by atoms with Gasteiger partial charge in [0.2, 0.25) is 0 Å². The van der Waals surface area contributed by atoms with E-state index < -0.39 is 26.0 Å². The fraction of sp³-hybridized carbons (Fsp3) is 0.423. The van der Waals surface area contributed by atoms with Crippen LogP contribution in [0.2, 0.25) is 0 Å². The van der Waals surface area contributed by atoms with Crippen molar-refractivity contribution in [3.63, 3.8) is 0 Å². The lowest BCUT2D eigenvalue weighted by molar-refractivity contribution is 0.151. The molecule has 12 heteroatoms. The van der Waals surface area contributed by atoms with Gasteiger partial charge >= 0.3 is 6.09 Å². The molecule has 0 saturated heterocycles. The Morgan fingerprint density at radius 3 is 2.55 bits per heavy atom. The summed E-state index contributed by atoms with van der Waals surface area (Å²) in [6.07, 6.45) is 1.19. The van der Waals surface area contributed by atoms with Gasteiger partial charge < -0.3 is 10.1 Å². The number of thiophene rings is 2. The lowest BCUT2D eigenvalue weighted by atomic mass is 10.0. The van der Waals surface area contributed by atoms with Gasteiger partial charge in [0.1, 0.15) is 8.42 Å². The second-order valence-electron chi connectivity index (χ2n) is 9.23. The molecule has 0 aliphatic rings. The normalized spacial score (nSPS) is 12.1. The van der Waals surface area contributed by atoms with Crippen molar-refractivity contribution in [2.75, 3.05) is 18.9 Å². The van der Waals surface area contributed by atoms with Gasteiger partial charge in [-0.05, 0) is 53.5 Å². The quantitative estimate of drug-likeness (QED) is 0.237. The molecule has 0 spiro atoms. The predicted octanol–water partition coefficient (Wildman–Crippen LogP) is 5.45. The smallest absolute Gasteiger partial charge is 0.421 e. The molecule has 2 heterocycles. The van der Waals surface area contributed by atoms with E-state index >= 15 is 0 Å². The molecule has 38 heavy (non-hydrogen) atoms. The van der Waals surface area contributed by atoms with Crippen molar-refractivity contribution in [1.29, 1.82) is 0 Å². The number of rotatable bonds is 14. The van der Waals surface area contributed by atoms with Gasteiger partial charge in [0, 0.05) is 23.5 Å². The highest BCUT2D eigenvalue weighted by atomic mass is 32.2. The van der Waals surface area contributed by atoms with Crippen LogP contribution in [-0.4, -0.2) is 41.8 Å². The molecule has 0 fully saturated rings. The Hall–Kier alpha value is -2.25. The van der Waals surface area contributed by atoms with E-state index in [4.69, 9.17) is 4.74 Å². The van der Waals surface area contributed by atoms with Crippen molar-refractivity contribution < 1.29 is 26.4 Å². The van der Waals surface area contributed by atoms with Crippen LogP contribution in [0.3, 0.4) is 0 Å². The number of hydrogen-bond acceptors (Lipinski definition) is 9. The Kier molecular flexibility index (Phi) is 10.9. The van der Waals surface area contributed by atoms with Gasteiger partial charge in [-0.1, -0.05) is 51.5 Å². The number of ether oxygens (including phenoxy) is 1. The van der Waals surface area contributed by atoms with Crippen molar-refractivity contribution in [1.82, 2.24) is 10.0 Å². The molecule has 0 aliphatic carbocycles. The van der Waals surface area contributed by atoms with Gasteiger partial charge in [0.25, 0.3) is 10.0 Å². The Bertz CT molecular complexity index is 1410. The minimum Gasteiger partial charge on any atom is -0.449 e. The molecule has 1 amide bonds. The van der Waals surface area contributed by atoms with E-state index in [1.54, 1.807) is 17.5 Å². The average Bonchev–Trinajstić information content (AvgIpc) is 3.53. The molecule has 208 valence electrons. The van der Waals surface area contributed by atoms with E-state index in [1.807, 2.05) is 42.0 Å². The van der Waals surface area contributed by atoms with Crippen LogP contribution < -0.4 is 10.0 Å². The molecule has 2 N–H and O–H groups in total. The maximum Gasteiger partial charge on any atom is 0.421 e. The molecule has 1 aromatic carbocycles. The first-order valence-corrected chi connectivity index (χ1v) is 17.2. The first kappa shape index (κ1) is 30.3. The first-order valence-electron chi connectivity index (χ1n) is 12.4. The molecule has 2 aromatic heterocycles. The van der Waals surface area contributed by atoms with Crippen LogP contribution >= 0.6 is 22.7 Å². The third-order valence-corrected chi connectivity index (χ3v) is 11.7. The number of sulfone groups is 1. The largest absolute Gasteiger partial charge is 0.449 e. The van der Waals surface area contributed by atoms with E-state index in [-0.39, 0.29) is 23.1 Å². The molecule has 0 atom stereocenters. The van der Waals surface area contributed by atoms with Gasteiger partial charge in [0.15, 0.2) is 9.84 Å². The second kappa shape index (κ2) is 13.7. The van der Waals surface area contributed by atoms with Crippen LogP contribution in [0.25, 0.3) is 11.1 Å². The zero-order chi connectivity index (χ0) is 27.8. The highest BCUT2D eigenvalue weighted by molar-refractivity contribution is 7.93. The molecule has 0 aliphatic heterocycles. The minimum absolute atomic E-state index is 0.0152. The van der Waals surface area contributed by atoms with Crippen molar-refractivity contribution >= 4 is 48.6 Å². The van der Waals surface area contributed by atoms with Crippen molar-refractivity contribution in [3.8, 4) is 11.1 Å². The van der Waals surface area contributed by atoms with E-state index in [1.165, 1.54) is 11.3 Å². The third-order valence-electron chi connectivity index (χ3n) is 5.47. The van der Waals surface area contributed by atoms with Crippen molar-refractivity contribution in [2.24, 2.45) is 5.92 Å². The Morgan fingerprint density at radius 2 is 1.87 bits per heavy atom. The van der Waals surface area contributed by atoms with Gasteiger partial charge in [-0.15, -0.1) is 22.7 Å². The second-order valence-corrected chi connectivity index (χ2v) is 15.5. The number of carbonyl (C=O) groups is 1. The Balaban J connectivity index is 1.77. The molecule has 0 saturated carbocycles. The van der Waals surface area contributed by atoms with Gasteiger partial charge in [-0.3, -0.25) is 0 Å². The molecular weight excluding hydrogens is 565 g/mol. The fourth-order valence-corrected chi connectivity index (χ4v) is 8.84. The molecule has 8 nitrogen and oxygen atoms in total. The van der Waals surface area contributed by atoms with Crippen LogP contribution in [-0.2, 0) is 37.6 Å². The predicted molar refractivity (Wildman–Crippen MR) is 153 cm³/mol. The number of benzene rings is 1. The van der Waals surface area contributed by atoms with Gasteiger partial charge in [0.05, 0.1) is 12.4 Å². The minimum atomic E-state index is -4.15. The van der Waals surface area contributed by atoms with Crippen molar-refractivity contribution in [2.45, 2.75) is 55.0 Å². The number of amides is 1. The zero-order valence-corrected chi connectivity index (χ0v) is 25.0. The Morgan fingerprint density at radius 1 is 1.08 bits per heavy atom. The summed E-state index contributed by atoms with van der Waals surface area (Å²) in [4.78, 5) is 13.0. The SMILES string of the molecule is CCCCOC(=O)NS(=O)(=O)c1sc(CC(C)C)cc1-c1cccc(CNCCS(=O)(=O)c2cccs2)c1. The number of nitrogens with one attached hydrogen (secondary N) is 2. The third kappa shape index (κ3) is 8.63. The molecule has 3 aromatic rings. The summed E-state index contributed by atoms with van der Waals surface area (Å²) in [5.41, 5.74) is 2.09.